The Hall–Kier alpha value is -1.66. The topological polar surface area (TPSA) is 66.4 Å². The molecule has 0 saturated heterocycles. The van der Waals surface area contributed by atoms with Gasteiger partial charge in [0.15, 0.2) is 0 Å². The Morgan fingerprint density at radius 3 is 2.45 bits per heavy atom. The third-order valence-electron chi connectivity index (χ3n) is 3.07. The minimum absolute atomic E-state index is 0.205. The van der Waals surface area contributed by atoms with Gasteiger partial charge in [0.25, 0.3) is 5.91 Å². The van der Waals surface area contributed by atoms with Crippen molar-refractivity contribution in [3.05, 3.63) is 68.6 Å². The molecule has 6 heteroatoms. The van der Waals surface area contributed by atoms with Crippen LogP contribution in [0.2, 0.25) is 0 Å². The lowest BCUT2D eigenvalue weighted by atomic mass is 10.1. The lowest BCUT2D eigenvalue weighted by molar-refractivity contribution is -0.139. The van der Waals surface area contributed by atoms with Crippen LogP contribution in [0, 0.1) is 0 Å². The maximum absolute atomic E-state index is 12.2. The highest BCUT2D eigenvalue weighted by atomic mass is 79.9. The van der Waals surface area contributed by atoms with Gasteiger partial charge in [0.1, 0.15) is 6.04 Å². The first-order valence-corrected chi connectivity index (χ1v) is 8.08. The van der Waals surface area contributed by atoms with Gasteiger partial charge >= 0.3 is 5.97 Å². The van der Waals surface area contributed by atoms with Crippen molar-refractivity contribution in [1.29, 1.82) is 0 Å². The molecular weight excluding hydrogens is 414 g/mol. The van der Waals surface area contributed by atoms with Crippen LogP contribution < -0.4 is 5.32 Å². The maximum Gasteiger partial charge on any atom is 0.326 e. The second-order valence-corrected chi connectivity index (χ2v) is 6.44. The Balaban J connectivity index is 2.14. The van der Waals surface area contributed by atoms with E-state index in [0.717, 1.165) is 14.5 Å². The Morgan fingerprint density at radius 1 is 1.09 bits per heavy atom. The van der Waals surface area contributed by atoms with E-state index >= 15 is 0 Å². The summed E-state index contributed by atoms with van der Waals surface area (Å²) in [5.74, 6) is -1.49. The fourth-order valence-corrected chi connectivity index (χ4v) is 2.80. The largest absolute Gasteiger partial charge is 0.480 e. The fourth-order valence-electron chi connectivity index (χ4n) is 1.96. The molecule has 2 rings (SSSR count). The van der Waals surface area contributed by atoms with E-state index in [9.17, 15) is 14.7 Å². The van der Waals surface area contributed by atoms with E-state index in [2.05, 4.69) is 37.2 Å². The number of hydrogen-bond acceptors (Lipinski definition) is 2. The van der Waals surface area contributed by atoms with Crippen LogP contribution in [-0.2, 0) is 11.2 Å². The Morgan fingerprint density at radius 2 is 1.82 bits per heavy atom. The highest BCUT2D eigenvalue weighted by Gasteiger charge is 2.22. The molecule has 0 unspecified atom stereocenters. The summed E-state index contributed by atoms with van der Waals surface area (Å²) < 4.78 is 1.58. The molecule has 0 fully saturated rings. The molecule has 22 heavy (non-hydrogen) atoms. The number of carboxylic acids is 1. The van der Waals surface area contributed by atoms with Crippen molar-refractivity contribution in [1.82, 2.24) is 5.32 Å². The van der Waals surface area contributed by atoms with E-state index in [4.69, 9.17) is 0 Å². The van der Waals surface area contributed by atoms with E-state index in [0.29, 0.717) is 5.56 Å². The molecule has 0 radical (unpaired) electrons. The van der Waals surface area contributed by atoms with Crippen LogP contribution in [0.25, 0.3) is 0 Å². The van der Waals surface area contributed by atoms with Crippen molar-refractivity contribution in [3.8, 4) is 0 Å². The van der Waals surface area contributed by atoms with E-state index in [-0.39, 0.29) is 6.42 Å². The molecule has 0 aliphatic rings. The molecule has 0 aromatic heterocycles. The average molecular weight is 427 g/mol. The molecule has 2 aromatic rings. The predicted molar refractivity (Wildman–Crippen MR) is 90.9 cm³/mol. The first-order valence-electron chi connectivity index (χ1n) is 6.50. The third kappa shape index (κ3) is 4.42. The summed E-state index contributed by atoms with van der Waals surface area (Å²) in [6.45, 7) is 0. The fraction of sp³-hybridized carbons (Fsp3) is 0.125. The summed E-state index contributed by atoms with van der Waals surface area (Å²) >= 11 is 6.67. The summed E-state index contributed by atoms with van der Waals surface area (Å²) in [4.78, 5) is 23.6. The first kappa shape index (κ1) is 16.7. The van der Waals surface area contributed by atoms with Crippen molar-refractivity contribution >= 4 is 43.7 Å². The Kier molecular flexibility index (Phi) is 5.74. The van der Waals surface area contributed by atoms with Gasteiger partial charge in [-0.25, -0.2) is 4.79 Å². The zero-order valence-electron chi connectivity index (χ0n) is 11.4. The molecule has 1 amide bonds. The summed E-state index contributed by atoms with van der Waals surface area (Å²) in [5, 5.41) is 11.9. The third-order valence-corrected chi connectivity index (χ3v) is 4.34. The average Bonchev–Trinajstić information content (AvgIpc) is 2.48. The predicted octanol–water partition coefficient (Wildman–Crippen LogP) is 3.64. The van der Waals surface area contributed by atoms with Gasteiger partial charge < -0.3 is 10.4 Å². The lowest BCUT2D eigenvalue weighted by Crippen LogP contribution is -2.42. The summed E-state index contributed by atoms with van der Waals surface area (Å²) in [6, 6.07) is 13.2. The van der Waals surface area contributed by atoms with E-state index < -0.39 is 17.9 Å². The van der Waals surface area contributed by atoms with Gasteiger partial charge in [0.2, 0.25) is 0 Å². The van der Waals surface area contributed by atoms with Gasteiger partial charge in [-0.3, -0.25) is 4.79 Å². The number of rotatable bonds is 5. The van der Waals surface area contributed by atoms with Crippen molar-refractivity contribution in [2.24, 2.45) is 0 Å². The van der Waals surface area contributed by atoms with E-state index in [1.54, 1.807) is 24.3 Å². The van der Waals surface area contributed by atoms with Gasteiger partial charge in [0.05, 0.1) is 0 Å². The van der Waals surface area contributed by atoms with Crippen molar-refractivity contribution < 1.29 is 14.7 Å². The second-order valence-electron chi connectivity index (χ2n) is 4.67. The number of carboxylic acid groups (broad SMARTS) is 1. The quantitative estimate of drug-likeness (QED) is 0.766. The number of carbonyl (C=O) groups is 2. The van der Waals surface area contributed by atoms with Crippen LogP contribution in [0.15, 0.2) is 57.5 Å². The number of carbonyl (C=O) groups excluding carboxylic acids is 1. The Bertz CT molecular complexity index is 703. The zero-order chi connectivity index (χ0) is 16.1. The molecule has 2 N–H and O–H groups in total. The Labute approximate surface area is 144 Å². The van der Waals surface area contributed by atoms with Gasteiger partial charge in [-0.15, -0.1) is 0 Å². The molecule has 2 aromatic carbocycles. The van der Waals surface area contributed by atoms with Crippen LogP contribution in [0.5, 0.6) is 0 Å². The van der Waals surface area contributed by atoms with Gasteiger partial charge in [-0.2, -0.15) is 0 Å². The second kappa shape index (κ2) is 7.56. The minimum Gasteiger partial charge on any atom is -0.480 e. The van der Waals surface area contributed by atoms with E-state index in [1.165, 1.54) is 0 Å². The standard InChI is InChI=1S/C16H13Br2NO3/c17-12-6-3-5-11(8-12)15(20)19-14(16(21)22)9-10-4-1-2-7-13(10)18/h1-8,14H,9H2,(H,19,20)(H,21,22)/t14-/m0/s1. The molecule has 114 valence electrons. The highest BCUT2D eigenvalue weighted by Crippen LogP contribution is 2.18. The van der Waals surface area contributed by atoms with Crippen molar-refractivity contribution in [2.45, 2.75) is 12.5 Å². The number of hydrogen-bond donors (Lipinski definition) is 2. The molecule has 0 saturated carbocycles. The van der Waals surface area contributed by atoms with Gasteiger partial charge in [-0.05, 0) is 29.8 Å². The summed E-state index contributed by atoms with van der Waals surface area (Å²) in [6.07, 6.45) is 0.205. The molecule has 0 heterocycles. The number of halogens is 2. The van der Waals surface area contributed by atoms with Crippen molar-refractivity contribution in [3.63, 3.8) is 0 Å². The van der Waals surface area contributed by atoms with Crippen LogP contribution in [0.3, 0.4) is 0 Å². The van der Waals surface area contributed by atoms with Gasteiger partial charge in [-0.1, -0.05) is 56.1 Å². The molecule has 0 aliphatic carbocycles. The summed E-state index contributed by atoms with van der Waals surface area (Å²) in [7, 11) is 0. The summed E-state index contributed by atoms with van der Waals surface area (Å²) in [5.41, 5.74) is 1.23. The van der Waals surface area contributed by atoms with Crippen LogP contribution in [0.4, 0.5) is 0 Å². The van der Waals surface area contributed by atoms with Crippen molar-refractivity contribution in [2.75, 3.05) is 0 Å². The SMILES string of the molecule is O=C(N[C@@H](Cc1ccccc1Br)C(=O)O)c1cccc(Br)c1. The normalized spacial score (nSPS) is 11.7. The first-order chi connectivity index (χ1) is 10.5. The monoisotopic (exact) mass is 425 g/mol. The maximum atomic E-state index is 12.2. The zero-order valence-corrected chi connectivity index (χ0v) is 14.6. The molecule has 0 bridgehead atoms. The molecule has 0 spiro atoms. The van der Waals surface area contributed by atoms with Crippen LogP contribution >= 0.6 is 31.9 Å². The number of aliphatic carboxylic acids is 1. The molecule has 0 aliphatic heterocycles. The lowest BCUT2D eigenvalue weighted by Gasteiger charge is -2.15. The van der Waals surface area contributed by atoms with E-state index in [1.807, 2.05) is 24.3 Å². The van der Waals surface area contributed by atoms with Gasteiger partial charge in [0, 0.05) is 20.9 Å². The minimum atomic E-state index is -1.07. The number of nitrogens with one attached hydrogen (secondary N) is 1. The van der Waals surface area contributed by atoms with Crippen LogP contribution in [-0.4, -0.2) is 23.0 Å². The smallest absolute Gasteiger partial charge is 0.326 e. The molecular formula is C16H13Br2NO3. The number of amides is 1. The molecule has 4 nitrogen and oxygen atoms in total. The van der Waals surface area contributed by atoms with Crippen LogP contribution in [0.1, 0.15) is 15.9 Å². The number of benzene rings is 2. The molecule has 1 atom stereocenters. The highest BCUT2D eigenvalue weighted by molar-refractivity contribution is 9.10.